The first-order valence-electron chi connectivity index (χ1n) is 6.34. The topological polar surface area (TPSA) is 71.2 Å². The monoisotopic (exact) mass is 248 g/mol. The summed E-state index contributed by atoms with van der Waals surface area (Å²) < 4.78 is 0. The highest BCUT2D eigenvalue weighted by molar-refractivity contribution is 5.92. The molecule has 0 spiro atoms. The molecule has 0 radical (unpaired) electrons. The van der Waals surface area contributed by atoms with Crippen LogP contribution in [0.1, 0.15) is 28.9 Å². The van der Waals surface area contributed by atoms with Gasteiger partial charge in [0.15, 0.2) is 0 Å². The van der Waals surface area contributed by atoms with Crippen molar-refractivity contribution in [3.8, 4) is 0 Å². The van der Waals surface area contributed by atoms with Gasteiger partial charge in [-0.2, -0.15) is 0 Å². The van der Waals surface area contributed by atoms with Gasteiger partial charge in [0.2, 0.25) is 0 Å². The van der Waals surface area contributed by atoms with E-state index in [1.54, 1.807) is 12.3 Å². The largest absolute Gasteiger partial charge is 0.349 e. The molecule has 0 saturated carbocycles. The van der Waals surface area contributed by atoms with E-state index in [1.165, 1.54) is 6.42 Å². The molecule has 1 saturated heterocycles. The third-order valence-electron chi connectivity index (χ3n) is 3.46. The van der Waals surface area contributed by atoms with Crippen molar-refractivity contribution in [2.45, 2.75) is 25.4 Å². The van der Waals surface area contributed by atoms with Crippen molar-refractivity contribution >= 4 is 5.91 Å². The van der Waals surface area contributed by atoms with Crippen LogP contribution in [0.5, 0.6) is 0 Å². The van der Waals surface area contributed by atoms with Crippen molar-refractivity contribution in [3.05, 3.63) is 29.6 Å². The average Bonchev–Trinajstić information content (AvgIpc) is 2.81. The molecule has 3 N–H and O–H groups in total. The fourth-order valence-corrected chi connectivity index (χ4v) is 2.22. The van der Waals surface area contributed by atoms with Crippen molar-refractivity contribution in [2.24, 2.45) is 5.73 Å². The van der Waals surface area contributed by atoms with Crippen LogP contribution in [0.25, 0.3) is 0 Å². The summed E-state index contributed by atoms with van der Waals surface area (Å²) in [6, 6.07) is 4.01. The Morgan fingerprint density at radius 3 is 3.00 bits per heavy atom. The van der Waals surface area contributed by atoms with Crippen molar-refractivity contribution in [3.63, 3.8) is 0 Å². The molecule has 5 nitrogen and oxygen atoms in total. The Hall–Kier alpha value is -1.46. The minimum atomic E-state index is -0.112. The smallest absolute Gasteiger partial charge is 0.269 e. The molecule has 1 fully saturated rings. The van der Waals surface area contributed by atoms with Gasteiger partial charge in [-0.05, 0) is 38.1 Å². The Bertz CT molecular complexity index is 404. The maximum Gasteiger partial charge on any atom is 0.269 e. The van der Waals surface area contributed by atoms with Crippen LogP contribution in [0.4, 0.5) is 0 Å². The molecular weight excluding hydrogens is 228 g/mol. The number of carbonyl (C=O) groups excluding carboxylic acids is 1. The third-order valence-corrected chi connectivity index (χ3v) is 3.46. The van der Waals surface area contributed by atoms with Crippen LogP contribution < -0.4 is 11.1 Å². The van der Waals surface area contributed by atoms with Gasteiger partial charge >= 0.3 is 0 Å². The second-order valence-corrected chi connectivity index (χ2v) is 4.74. The molecule has 18 heavy (non-hydrogen) atoms. The number of rotatable bonds is 4. The van der Waals surface area contributed by atoms with Crippen LogP contribution in [0.2, 0.25) is 0 Å². The predicted octanol–water partition coefficient (Wildman–Crippen LogP) is 0.364. The number of nitrogens with two attached hydrogens (primary N) is 1. The molecule has 0 aromatic carbocycles. The summed E-state index contributed by atoms with van der Waals surface area (Å²) in [6.07, 6.45) is 4.01. The SMILES string of the molecule is CN1CCCC1CNC(=O)c1ccc(CN)cn1. The standard InChI is InChI=1S/C13H20N4O/c1-17-6-2-3-11(17)9-16-13(18)12-5-4-10(7-14)8-15-12/h4-5,8,11H,2-3,6-7,9,14H2,1H3,(H,16,18). The molecule has 1 aliphatic heterocycles. The number of nitrogens with one attached hydrogen (secondary N) is 1. The van der Waals surface area contributed by atoms with Gasteiger partial charge < -0.3 is 16.0 Å². The van der Waals surface area contributed by atoms with Gasteiger partial charge in [0.25, 0.3) is 5.91 Å². The van der Waals surface area contributed by atoms with E-state index in [9.17, 15) is 4.79 Å². The zero-order valence-corrected chi connectivity index (χ0v) is 10.7. The van der Waals surface area contributed by atoms with Crippen LogP contribution >= 0.6 is 0 Å². The second-order valence-electron chi connectivity index (χ2n) is 4.74. The van der Waals surface area contributed by atoms with E-state index >= 15 is 0 Å². The van der Waals surface area contributed by atoms with Gasteiger partial charge in [-0.15, -0.1) is 0 Å². The van der Waals surface area contributed by atoms with E-state index < -0.39 is 0 Å². The number of amides is 1. The van der Waals surface area contributed by atoms with Crippen LogP contribution in [-0.4, -0.2) is 42.0 Å². The molecule has 1 atom stereocenters. The van der Waals surface area contributed by atoms with Gasteiger partial charge in [-0.3, -0.25) is 9.78 Å². The molecule has 0 aliphatic carbocycles. The fraction of sp³-hybridized carbons (Fsp3) is 0.538. The molecule has 1 aliphatic rings. The highest BCUT2D eigenvalue weighted by Crippen LogP contribution is 2.13. The summed E-state index contributed by atoms with van der Waals surface area (Å²) in [4.78, 5) is 18.3. The normalized spacial score (nSPS) is 20.0. The van der Waals surface area contributed by atoms with Gasteiger partial charge in [-0.1, -0.05) is 6.07 Å². The van der Waals surface area contributed by atoms with E-state index in [4.69, 9.17) is 5.73 Å². The third kappa shape index (κ3) is 3.05. The van der Waals surface area contributed by atoms with E-state index in [1.807, 2.05) is 6.07 Å². The number of carbonyl (C=O) groups is 1. The van der Waals surface area contributed by atoms with E-state index in [0.29, 0.717) is 24.8 Å². The van der Waals surface area contributed by atoms with Crippen LogP contribution in [0.3, 0.4) is 0 Å². The quantitative estimate of drug-likeness (QED) is 0.807. The van der Waals surface area contributed by atoms with Gasteiger partial charge in [-0.25, -0.2) is 0 Å². The Morgan fingerprint density at radius 1 is 1.61 bits per heavy atom. The minimum absolute atomic E-state index is 0.112. The maximum absolute atomic E-state index is 11.9. The van der Waals surface area contributed by atoms with Crippen LogP contribution in [-0.2, 0) is 6.54 Å². The summed E-state index contributed by atoms with van der Waals surface area (Å²) in [6.45, 7) is 2.25. The number of likely N-dealkylation sites (tertiary alicyclic amines) is 1. The Balaban J connectivity index is 1.87. The molecule has 1 amide bonds. The predicted molar refractivity (Wildman–Crippen MR) is 70.1 cm³/mol. The first kappa shape index (κ1) is 13.0. The van der Waals surface area contributed by atoms with Gasteiger partial charge in [0.05, 0.1) is 0 Å². The highest BCUT2D eigenvalue weighted by Gasteiger charge is 2.21. The minimum Gasteiger partial charge on any atom is -0.349 e. The lowest BCUT2D eigenvalue weighted by Crippen LogP contribution is -2.38. The maximum atomic E-state index is 11.9. The number of hydrogen-bond acceptors (Lipinski definition) is 4. The molecule has 98 valence electrons. The van der Waals surface area contributed by atoms with Crippen LogP contribution in [0.15, 0.2) is 18.3 Å². The molecule has 0 bridgehead atoms. The number of hydrogen-bond donors (Lipinski definition) is 2. The Labute approximate surface area is 107 Å². The van der Waals surface area contributed by atoms with E-state index in [-0.39, 0.29) is 5.91 Å². The van der Waals surface area contributed by atoms with Crippen LogP contribution in [0, 0.1) is 0 Å². The Kier molecular flexibility index (Phi) is 4.28. The van der Waals surface area contributed by atoms with E-state index in [2.05, 4.69) is 22.2 Å². The molecule has 1 aromatic rings. The summed E-state index contributed by atoms with van der Waals surface area (Å²) in [7, 11) is 2.10. The van der Waals surface area contributed by atoms with Gasteiger partial charge in [0, 0.05) is 25.3 Å². The average molecular weight is 248 g/mol. The first-order valence-corrected chi connectivity index (χ1v) is 6.34. The summed E-state index contributed by atoms with van der Waals surface area (Å²) in [5.74, 6) is -0.112. The van der Waals surface area contributed by atoms with Crippen molar-refractivity contribution in [1.82, 2.24) is 15.2 Å². The van der Waals surface area contributed by atoms with Crippen molar-refractivity contribution in [2.75, 3.05) is 20.1 Å². The summed E-state index contributed by atoms with van der Waals surface area (Å²) >= 11 is 0. The number of pyridine rings is 1. The lowest BCUT2D eigenvalue weighted by molar-refractivity contribution is 0.0938. The molecule has 5 heteroatoms. The number of nitrogens with zero attached hydrogens (tertiary/aromatic N) is 2. The highest BCUT2D eigenvalue weighted by atomic mass is 16.1. The zero-order chi connectivity index (χ0) is 13.0. The van der Waals surface area contributed by atoms with Gasteiger partial charge in [0.1, 0.15) is 5.69 Å². The molecule has 2 heterocycles. The molecular formula is C13H20N4O. The van der Waals surface area contributed by atoms with Crippen molar-refractivity contribution in [1.29, 1.82) is 0 Å². The summed E-state index contributed by atoms with van der Waals surface area (Å²) in [5.41, 5.74) is 6.87. The number of aromatic nitrogens is 1. The summed E-state index contributed by atoms with van der Waals surface area (Å²) in [5, 5.41) is 2.93. The molecule has 2 rings (SSSR count). The fourth-order valence-electron chi connectivity index (χ4n) is 2.22. The first-order chi connectivity index (χ1) is 8.70. The zero-order valence-electron chi connectivity index (χ0n) is 10.7. The van der Waals surface area contributed by atoms with Crippen molar-refractivity contribution < 1.29 is 4.79 Å². The Morgan fingerprint density at radius 2 is 2.44 bits per heavy atom. The second kappa shape index (κ2) is 5.93. The van der Waals surface area contributed by atoms with E-state index in [0.717, 1.165) is 18.5 Å². The lowest BCUT2D eigenvalue weighted by atomic mass is 10.2. The molecule has 1 unspecified atom stereocenters. The molecule has 1 aromatic heterocycles. The lowest BCUT2D eigenvalue weighted by Gasteiger charge is -2.19. The number of likely N-dealkylation sites (N-methyl/N-ethyl adjacent to an activating group) is 1.